The number of H-pyrrole nitrogens is 1. The first-order valence-electron chi connectivity index (χ1n) is 12.1. The molecule has 1 fully saturated rings. The lowest BCUT2D eigenvalue weighted by Gasteiger charge is -2.29. The van der Waals surface area contributed by atoms with Crippen LogP contribution in [0.1, 0.15) is 24.3 Å². The molecule has 1 saturated heterocycles. The quantitative estimate of drug-likeness (QED) is 0.320. The van der Waals surface area contributed by atoms with Crippen LogP contribution in [-0.4, -0.2) is 61.7 Å². The third-order valence-electron chi connectivity index (χ3n) is 6.82. The Hall–Kier alpha value is -3.70. The van der Waals surface area contributed by atoms with E-state index in [9.17, 15) is 8.42 Å². The predicted octanol–water partition coefficient (Wildman–Crippen LogP) is 4.79. The number of aromatic nitrogens is 3. The van der Waals surface area contributed by atoms with Gasteiger partial charge in [-0.1, -0.05) is 18.2 Å². The summed E-state index contributed by atoms with van der Waals surface area (Å²) in [4.78, 5) is 14.5. The highest BCUT2D eigenvalue weighted by Crippen LogP contribution is 2.33. The molecule has 0 amide bonds. The summed E-state index contributed by atoms with van der Waals surface area (Å²) in [5.74, 6) is 0.735. The van der Waals surface area contributed by atoms with E-state index in [0.29, 0.717) is 28.5 Å². The first-order valence-corrected chi connectivity index (χ1v) is 13.9. The number of para-hydroxylation sites is 2. The van der Waals surface area contributed by atoms with Crippen molar-refractivity contribution in [1.82, 2.24) is 19.9 Å². The Morgan fingerprint density at radius 1 is 1.08 bits per heavy atom. The van der Waals surface area contributed by atoms with Crippen molar-refractivity contribution in [3.05, 3.63) is 66.1 Å². The van der Waals surface area contributed by atoms with Crippen LogP contribution in [0.25, 0.3) is 11.0 Å². The van der Waals surface area contributed by atoms with Gasteiger partial charge in [-0.15, -0.1) is 0 Å². The largest absolute Gasteiger partial charge is 0.346 e. The van der Waals surface area contributed by atoms with Gasteiger partial charge in [0.15, 0.2) is 0 Å². The minimum Gasteiger partial charge on any atom is -0.346 e. The number of piperidine rings is 1. The lowest BCUT2D eigenvalue weighted by Crippen LogP contribution is -2.29. The highest BCUT2D eigenvalue weighted by molar-refractivity contribution is 7.92. The Morgan fingerprint density at radius 2 is 1.84 bits per heavy atom. The van der Waals surface area contributed by atoms with Crippen LogP contribution >= 0.6 is 0 Å². The van der Waals surface area contributed by atoms with Crippen molar-refractivity contribution in [3.8, 4) is 0 Å². The maximum atomic E-state index is 15.1. The number of anilines is 5. The minimum absolute atomic E-state index is 0.220. The molecule has 4 aromatic rings. The average Bonchev–Trinajstić information content (AvgIpc) is 3.33. The van der Waals surface area contributed by atoms with Crippen molar-refractivity contribution in [1.29, 1.82) is 0 Å². The number of rotatable bonds is 7. The molecule has 3 heterocycles. The van der Waals surface area contributed by atoms with Gasteiger partial charge in [-0.2, -0.15) is 9.97 Å². The van der Waals surface area contributed by atoms with Gasteiger partial charge in [0.05, 0.1) is 23.0 Å². The summed E-state index contributed by atoms with van der Waals surface area (Å²) in [5, 5.41) is 7.10. The van der Waals surface area contributed by atoms with Crippen LogP contribution in [0.5, 0.6) is 0 Å². The number of fused-ring (bicyclic) bond motifs is 1. The summed E-state index contributed by atoms with van der Waals surface area (Å²) in [6, 6.07) is 14.1. The van der Waals surface area contributed by atoms with Crippen molar-refractivity contribution in [2.45, 2.75) is 18.8 Å². The van der Waals surface area contributed by atoms with Gasteiger partial charge in [0.2, 0.25) is 16.0 Å². The van der Waals surface area contributed by atoms with E-state index in [2.05, 4.69) is 37.5 Å². The van der Waals surface area contributed by atoms with E-state index in [4.69, 9.17) is 0 Å². The molecule has 0 unspecified atom stereocenters. The zero-order chi connectivity index (χ0) is 26.2. The lowest BCUT2D eigenvalue weighted by atomic mass is 9.89. The maximum Gasteiger partial charge on any atom is 0.232 e. The molecule has 2 aromatic heterocycles. The van der Waals surface area contributed by atoms with Crippen LogP contribution in [0.2, 0.25) is 0 Å². The van der Waals surface area contributed by atoms with Gasteiger partial charge in [0.25, 0.3) is 0 Å². The van der Waals surface area contributed by atoms with Gasteiger partial charge >= 0.3 is 0 Å². The Labute approximate surface area is 215 Å². The molecule has 5 rings (SSSR count). The van der Waals surface area contributed by atoms with Crippen LogP contribution in [0.3, 0.4) is 0 Å². The number of hydrogen-bond acceptors (Lipinski definition) is 7. The van der Waals surface area contributed by atoms with E-state index in [0.717, 1.165) is 43.1 Å². The fourth-order valence-electron chi connectivity index (χ4n) is 4.64. The summed E-state index contributed by atoms with van der Waals surface area (Å²) in [5.41, 5.74) is 2.92. The number of nitrogens with zero attached hydrogens (tertiary/aromatic N) is 4. The van der Waals surface area contributed by atoms with Gasteiger partial charge in [-0.3, -0.25) is 4.31 Å². The molecule has 2 aromatic carbocycles. The maximum absolute atomic E-state index is 15.1. The molecule has 0 aliphatic carbocycles. The molecule has 3 N–H and O–H groups in total. The van der Waals surface area contributed by atoms with E-state index < -0.39 is 10.0 Å². The van der Waals surface area contributed by atoms with Crippen molar-refractivity contribution in [2.24, 2.45) is 0 Å². The van der Waals surface area contributed by atoms with Gasteiger partial charge in [-0.05, 0) is 74.8 Å². The Morgan fingerprint density at radius 3 is 2.57 bits per heavy atom. The fourth-order valence-corrected chi connectivity index (χ4v) is 5.15. The van der Waals surface area contributed by atoms with Gasteiger partial charge in [0.1, 0.15) is 17.3 Å². The van der Waals surface area contributed by atoms with E-state index in [1.54, 1.807) is 24.4 Å². The topological polar surface area (TPSA) is 106 Å². The zero-order valence-corrected chi connectivity index (χ0v) is 21.8. The van der Waals surface area contributed by atoms with Crippen LogP contribution in [-0.2, 0) is 10.0 Å². The molecule has 0 radical (unpaired) electrons. The summed E-state index contributed by atoms with van der Waals surface area (Å²) < 4.78 is 40.6. The first-order chi connectivity index (χ1) is 17.7. The molecule has 0 saturated carbocycles. The number of benzene rings is 2. The molecule has 9 nitrogen and oxygen atoms in total. The van der Waals surface area contributed by atoms with Gasteiger partial charge in [0, 0.05) is 18.9 Å². The fraction of sp³-hybridized carbons (Fsp3) is 0.308. The van der Waals surface area contributed by atoms with E-state index >= 15 is 4.39 Å². The molecule has 0 spiro atoms. The molecule has 1 aliphatic heterocycles. The lowest BCUT2D eigenvalue weighted by molar-refractivity contribution is 0.253. The summed E-state index contributed by atoms with van der Waals surface area (Å²) in [6.07, 6.45) is 4.78. The smallest absolute Gasteiger partial charge is 0.232 e. The molecule has 37 heavy (non-hydrogen) atoms. The van der Waals surface area contributed by atoms with Crippen LogP contribution in [0, 0.1) is 5.82 Å². The number of aromatic amines is 1. The van der Waals surface area contributed by atoms with Crippen molar-refractivity contribution in [2.75, 3.05) is 48.4 Å². The summed E-state index contributed by atoms with van der Waals surface area (Å²) in [6.45, 7) is 1.93. The second kappa shape index (κ2) is 9.98. The molecular formula is C26H30FN7O2S. The van der Waals surface area contributed by atoms with E-state index in [1.807, 2.05) is 24.3 Å². The van der Waals surface area contributed by atoms with Crippen LogP contribution in [0.15, 0.2) is 54.7 Å². The monoisotopic (exact) mass is 523 g/mol. The normalized spacial score (nSPS) is 15.1. The number of sulfonamides is 1. The van der Waals surface area contributed by atoms with Crippen LogP contribution in [0.4, 0.5) is 33.2 Å². The SMILES string of the molecule is CN1CCC(c2ccc(Nc3nc(Nc4ccccc4N(C)S(C)(=O)=O)c4cc[nH]c4n3)cc2F)CC1. The molecule has 1 aliphatic rings. The molecule has 0 atom stereocenters. The van der Waals surface area contributed by atoms with Crippen molar-refractivity contribution >= 4 is 49.9 Å². The second-order valence-electron chi connectivity index (χ2n) is 9.45. The predicted molar refractivity (Wildman–Crippen MR) is 146 cm³/mol. The highest BCUT2D eigenvalue weighted by Gasteiger charge is 2.22. The van der Waals surface area contributed by atoms with Crippen molar-refractivity contribution < 1.29 is 12.8 Å². The number of likely N-dealkylation sites (tertiary alicyclic amines) is 1. The Kier molecular flexibility index (Phi) is 6.74. The number of halogens is 1. The van der Waals surface area contributed by atoms with E-state index in [-0.39, 0.29) is 17.7 Å². The summed E-state index contributed by atoms with van der Waals surface area (Å²) >= 11 is 0. The standard InChI is InChI=1S/C26H30FN7O2S/c1-33-14-11-17(12-15-33)19-9-8-18(16-21(19)27)29-26-31-24-20(10-13-28-24)25(32-26)30-22-6-4-5-7-23(22)34(2)37(3,35)36/h4-10,13,16-17H,11-12,14-15H2,1-3H3,(H3,28,29,30,31,32). The Balaban J connectivity index is 1.43. The van der Waals surface area contributed by atoms with Crippen LogP contribution < -0.4 is 14.9 Å². The van der Waals surface area contributed by atoms with Gasteiger partial charge in [-0.25, -0.2) is 12.8 Å². The first kappa shape index (κ1) is 25.0. The second-order valence-corrected chi connectivity index (χ2v) is 11.5. The third-order valence-corrected chi connectivity index (χ3v) is 8.02. The summed E-state index contributed by atoms with van der Waals surface area (Å²) in [7, 11) is 0.122. The molecule has 194 valence electrons. The Bertz CT molecular complexity index is 1530. The zero-order valence-electron chi connectivity index (χ0n) is 21.0. The third kappa shape index (κ3) is 5.37. The van der Waals surface area contributed by atoms with Crippen molar-refractivity contribution in [3.63, 3.8) is 0 Å². The number of nitrogens with one attached hydrogen (secondary N) is 3. The molecule has 0 bridgehead atoms. The minimum atomic E-state index is -3.47. The molecule has 11 heteroatoms. The average molecular weight is 524 g/mol. The van der Waals surface area contributed by atoms with E-state index in [1.165, 1.54) is 17.4 Å². The molecular weight excluding hydrogens is 493 g/mol. The van der Waals surface area contributed by atoms with Gasteiger partial charge < -0.3 is 20.5 Å². The number of hydrogen-bond donors (Lipinski definition) is 3. The highest BCUT2D eigenvalue weighted by atomic mass is 32.2.